The van der Waals surface area contributed by atoms with Gasteiger partial charge in [0, 0.05) is 24.7 Å². The van der Waals surface area contributed by atoms with Gasteiger partial charge in [0.25, 0.3) is 0 Å². The summed E-state index contributed by atoms with van der Waals surface area (Å²) < 4.78 is 0. The average molecular weight is 219 g/mol. The van der Waals surface area contributed by atoms with E-state index in [0.29, 0.717) is 0 Å². The second kappa shape index (κ2) is 5.54. The third-order valence-electron chi connectivity index (χ3n) is 2.77. The molecule has 1 rings (SSSR count). The molecule has 0 heterocycles. The maximum absolute atomic E-state index is 7.42. The molecule has 1 unspecified atom stereocenters. The van der Waals surface area contributed by atoms with Gasteiger partial charge in [-0.25, -0.2) is 0 Å². The average Bonchev–Trinajstić information content (AvgIpc) is 2.25. The number of anilines is 1. The minimum atomic E-state index is 0.0977. The predicted octanol–water partition coefficient (Wildman–Crippen LogP) is 2.39. The van der Waals surface area contributed by atoms with Crippen molar-refractivity contribution in [3.8, 4) is 0 Å². The van der Waals surface area contributed by atoms with Crippen LogP contribution in [0.15, 0.2) is 24.3 Å². The van der Waals surface area contributed by atoms with Crippen molar-refractivity contribution in [1.29, 1.82) is 5.41 Å². The van der Waals surface area contributed by atoms with Crippen LogP contribution < -0.4 is 10.6 Å². The monoisotopic (exact) mass is 219 g/mol. The van der Waals surface area contributed by atoms with Gasteiger partial charge < -0.3 is 10.6 Å². The van der Waals surface area contributed by atoms with Crippen molar-refractivity contribution in [2.45, 2.75) is 20.8 Å². The lowest BCUT2D eigenvalue weighted by atomic mass is 10.1. The van der Waals surface area contributed by atoms with E-state index in [9.17, 15) is 0 Å². The van der Waals surface area contributed by atoms with Crippen LogP contribution in [0.5, 0.6) is 0 Å². The van der Waals surface area contributed by atoms with E-state index < -0.39 is 0 Å². The number of hydrogen-bond acceptors (Lipinski definition) is 2. The molecule has 0 bridgehead atoms. The third kappa shape index (κ3) is 3.26. The summed E-state index contributed by atoms with van der Waals surface area (Å²) in [5.41, 5.74) is 7.96. The summed E-state index contributed by atoms with van der Waals surface area (Å²) in [4.78, 5) is 2.25. The van der Waals surface area contributed by atoms with E-state index >= 15 is 0 Å². The molecule has 16 heavy (non-hydrogen) atoms. The van der Waals surface area contributed by atoms with Gasteiger partial charge in [-0.3, -0.25) is 5.41 Å². The lowest BCUT2D eigenvalue weighted by Gasteiger charge is -2.26. The Bertz CT molecular complexity index is 360. The molecular formula is C13H21N3. The Morgan fingerprint density at radius 2 is 2.19 bits per heavy atom. The summed E-state index contributed by atoms with van der Waals surface area (Å²) in [5.74, 6) is 0.353. The maximum Gasteiger partial charge on any atom is 0.0952 e. The first-order chi connectivity index (χ1) is 7.54. The molecule has 0 saturated carbocycles. The Kier molecular flexibility index (Phi) is 4.35. The smallest absolute Gasteiger partial charge is 0.0952 e. The van der Waals surface area contributed by atoms with Crippen molar-refractivity contribution in [3.63, 3.8) is 0 Å². The van der Waals surface area contributed by atoms with Crippen molar-refractivity contribution in [2.75, 3.05) is 18.0 Å². The summed E-state index contributed by atoms with van der Waals surface area (Å²) in [6.07, 6.45) is 0. The molecule has 0 aliphatic heterocycles. The predicted molar refractivity (Wildman–Crippen MR) is 70.1 cm³/mol. The SMILES string of the molecule is CCN(CC(C)C(=N)N)c1cccc(C)c1. The molecule has 0 spiro atoms. The molecule has 1 atom stereocenters. The van der Waals surface area contributed by atoms with Crippen molar-refractivity contribution >= 4 is 11.5 Å². The summed E-state index contributed by atoms with van der Waals surface area (Å²) in [5, 5.41) is 7.42. The number of rotatable bonds is 5. The van der Waals surface area contributed by atoms with E-state index in [1.165, 1.54) is 11.3 Å². The second-order valence-corrected chi connectivity index (χ2v) is 4.23. The Morgan fingerprint density at radius 1 is 1.50 bits per heavy atom. The van der Waals surface area contributed by atoms with Crippen LogP contribution in [0.1, 0.15) is 19.4 Å². The van der Waals surface area contributed by atoms with Gasteiger partial charge in [-0.2, -0.15) is 0 Å². The normalized spacial score (nSPS) is 12.2. The van der Waals surface area contributed by atoms with Crippen LogP contribution in [0.25, 0.3) is 0 Å². The third-order valence-corrected chi connectivity index (χ3v) is 2.77. The van der Waals surface area contributed by atoms with Crippen molar-refractivity contribution < 1.29 is 0 Å². The number of nitrogens with one attached hydrogen (secondary N) is 1. The summed E-state index contributed by atoms with van der Waals surface area (Å²) in [7, 11) is 0. The number of nitrogens with two attached hydrogens (primary N) is 1. The van der Waals surface area contributed by atoms with Crippen molar-refractivity contribution in [2.24, 2.45) is 11.7 Å². The molecule has 1 aromatic carbocycles. The Labute approximate surface area is 97.8 Å². The summed E-state index contributed by atoms with van der Waals surface area (Å²) >= 11 is 0. The Morgan fingerprint density at radius 3 is 2.69 bits per heavy atom. The minimum Gasteiger partial charge on any atom is -0.387 e. The van der Waals surface area contributed by atoms with Crippen LogP contribution >= 0.6 is 0 Å². The van der Waals surface area contributed by atoms with Gasteiger partial charge >= 0.3 is 0 Å². The van der Waals surface area contributed by atoms with E-state index in [2.05, 4.69) is 43.0 Å². The first kappa shape index (κ1) is 12.6. The molecule has 0 fully saturated rings. The van der Waals surface area contributed by atoms with Crippen LogP contribution in [0, 0.1) is 18.3 Å². The van der Waals surface area contributed by atoms with Crippen LogP contribution in [0.3, 0.4) is 0 Å². The van der Waals surface area contributed by atoms with E-state index in [-0.39, 0.29) is 11.8 Å². The second-order valence-electron chi connectivity index (χ2n) is 4.23. The molecule has 0 saturated heterocycles. The molecule has 3 nitrogen and oxygen atoms in total. The molecule has 0 aliphatic carbocycles. The van der Waals surface area contributed by atoms with E-state index in [1.54, 1.807) is 0 Å². The van der Waals surface area contributed by atoms with Gasteiger partial charge in [-0.05, 0) is 31.5 Å². The lowest BCUT2D eigenvalue weighted by molar-refractivity contribution is 0.697. The van der Waals surface area contributed by atoms with E-state index in [0.717, 1.165) is 13.1 Å². The Balaban J connectivity index is 2.78. The molecule has 88 valence electrons. The number of amidine groups is 1. The van der Waals surface area contributed by atoms with Crippen molar-refractivity contribution in [1.82, 2.24) is 0 Å². The molecule has 3 N–H and O–H groups in total. The lowest BCUT2D eigenvalue weighted by Crippen LogP contribution is -2.34. The standard InChI is InChI=1S/C13H21N3/c1-4-16(9-11(3)13(14)15)12-7-5-6-10(2)8-12/h5-8,11H,4,9H2,1-3H3,(H3,14,15). The van der Waals surface area contributed by atoms with Gasteiger partial charge in [-0.15, -0.1) is 0 Å². The fraction of sp³-hybridized carbons (Fsp3) is 0.462. The van der Waals surface area contributed by atoms with Crippen LogP contribution in [-0.2, 0) is 0 Å². The maximum atomic E-state index is 7.42. The molecule has 0 amide bonds. The topological polar surface area (TPSA) is 53.1 Å². The zero-order valence-corrected chi connectivity index (χ0v) is 10.3. The van der Waals surface area contributed by atoms with Gasteiger partial charge in [0.05, 0.1) is 5.84 Å². The highest BCUT2D eigenvalue weighted by Crippen LogP contribution is 2.16. The summed E-state index contributed by atoms with van der Waals surface area (Å²) in [6, 6.07) is 8.41. The van der Waals surface area contributed by atoms with Crippen molar-refractivity contribution in [3.05, 3.63) is 29.8 Å². The number of nitrogens with zero attached hydrogens (tertiary/aromatic N) is 1. The molecule has 1 aromatic rings. The number of hydrogen-bond donors (Lipinski definition) is 2. The Hall–Kier alpha value is -1.51. The first-order valence-corrected chi connectivity index (χ1v) is 5.70. The zero-order chi connectivity index (χ0) is 12.1. The van der Waals surface area contributed by atoms with E-state index in [1.807, 2.05) is 6.92 Å². The highest BCUT2D eigenvalue weighted by molar-refractivity contribution is 5.79. The first-order valence-electron chi connectivity index (χ1n) is 5.70. The highest BCUT2D eigenvalue weighted by atomic mass is 15.1. The molecular weight excluding hydrogens is 198 g/mol. The van der Waals surface area contributed by atoms with Crippen LogP contribution in [0.4, 0.5) is 5.69 Å². The quantitative estimate of drug-likeness (QED) is 0.590. The molecule has 3 heteroatoms. The highest BCUT2D eigenvalue weighted by Gasteiger charge is 2.11. The fourth-order valence-electron chi connectivity index (χ4n) is 1.67. The fourth-order valence-corrected chi connectivity index (χ4v) is 1.67. The van der Waals surface area contributed by atoms with E-state index in [4.69, 9.17) is 11.1 Å². The molecule has 0 aromatic heterocycles. The zero-order valence-electron chi connectivity index (χ0n) is 10.3. The van der Waals surface area contributed by atoms with Gasteiger partial charge in [0.2, 0.25) is 0 Å². The minimum absolute atomic E-state index is 0.0977. The summed E-state index contributed by atoms with van der Waals surface area (Å²) in [6.45, 7) is 7.93. The number of benzene rings is 1. The van der Waals surface area contributed by atoms with Gasteiger partial charge in [0.15, 0.2) is 0 Å². The van der Waals surface area contributed by atoms with Crippen LogP contribution in [-0.4, -0.2) is 18.9 Å². The molecule has 0 radical (unpaired) electrons. The van der Waals surface area contributed by atoms with Gasteiger partial charge in [0.1, 0.15) is 0 Å². The van der Waals surface area contributed by atoms with Crippen LogP contribution in [0.2, 0.25) is 0 Å². The number of aryl methyl sites for hydroxylation is 1. The largest absolute Gasteiger partial charge is 0.387 e. The van der Waals surface area contributed by atoms with Gasteiger partial charge in [-0.1, -0.05) is 19.1 Å². The molecule has 0 aliphatic rings.